The normalized spacial score (nSPS) is 13.0. The van der Waals surface area contributed by atoms with Crippen LogP contribution in [-0.2, 0) is 6.54 Å². The summed E-state index contributed by atoms with van der Waals surface area (Å²) in [7, 11) is 0. The van der Waals surface area contributed by atoms with Crippen molar-refractivity contribution in [3.05, 3.63) is 90.7 Å². The number of halogens is 2. The zero-order chi connectivity index (χ0) is 19.8. The van der Waals surface area contributed by atoms with E-state index in [-0.39, 0.29) is 18.4 Å². The third-order valence-corrected chi connectivity index (χ3v) is 6.35. The molecule has 1 N–H and O–H groups in total. The average Bonchev–Trinajstić information content (AvgIpc) is 3.20. The van der Waals surface area contributed by atoms with Crippen LogP contribution in [0.1, 0.15) is 31.2 Å². The maximum absolute atomic E-state index is 13.1. The highest BCUT2D eigenvalue weighted by Crippen LogP contribution is 2.33. The van der Waals surface area contributed by atoms with Crippen LogP contribution in [0.25, 0.3) is 5.70 Å². The summed E-state index contributed by atoms with van der Waals surface area (Å²) >= 11 is 9.60. The van der Waals surface area contributed by atoms with E-state index in [4.69, 9.17) is 11.6 Å². The Morgan fingerprint density at radius 3 is 2.61 bits per heavy atom. The second kappa shape index (κ2) is 7.69. The first-order valence-corrected chi connectivity index (χ1v) is 10.7. The highest BCUT2D eigenvalue weighted by molar-refractivity contribution is 14.1. The number of hydrogen-bond donors (Lipinski definition) is 1. The van der Waals surface area contributed by atoms with Crippen molar-refractivity contribution in [3.8, 4) is 0 Å². The third kappa shape index (κ3) is 3.59. The summed E-state index contributed by atoms with van der Waals surface area (Å²) in [6.07, 6.45) is 0. The second-order valence-corrected chi connectivity index (χ2v) is 9.22. The van der Waals surface area contributed by atoms with Crippen molar-refractivity contribution in [1.82, 2.24) is 4.90 Å². The van der Waals surface area contributed by atoms with Gasteiger partial charge in [0, 0.05) is 9.27 Å². The Kier molecular flexibility index (Phi) is 5.27. The lowest BCUT2D eigenvalue weighted by atomic mass is 10.1. The first-order valence-electron chi connectivity index (χ1n) is 8.39. The Bertz CT molecular complexity index is 1130. The summed E-state index contributed by atoms with van der Waals surface area (Å²) in [6.45, 7) is 4.27. The number of thiophene rings is 1. The van der Waals surface area contributed by atoms with Crippen LogP contribution in [0.4, 0.5) is 5.69 Å². The lowest BCUT2D eigenvalue weighted by molar-refractivity contribution is 0.0642. The maximum atomic E-state index is 13.1. The Morgan fingerprint density at radius 2 is 1.89 bits per heavy atom. The molecule has 0 spiro atoms. The van der Waals surface area contributed by atoms with Crippen molar-refractivity contribution in [2.75, 3.05) is 5.32 Å². The largest absolute Gasteiger partial charge is 0.354 e. The van der Waals surface area contributed by atoms with Crippen LogP contribution in [0.5, 0.6) is 0 Å². The SMILES string of the molecule is C=C(Nc1cccc2c1C(=O)N(Cc1cccc(I)c1)C2=O)c1ccc(Cl)s1. The number of carbonyl (C=O) groups excluding carboxylic acids is 2. The van der Waals surface area contributed by atoms with E-state index in [9.17, 15) is 9.59 Å². The molecule has 1 aromatic heterocycles. The van der Waals surface area contributed by atoms with E-state index in [2.05, 4.69) is 34.5 Å². The molecule has 0 bridgehead atoms. The predicted octanol–water partition coefficient (Wildman–Crippen LogP) is 5.89. The highest BCUT2D eigenvalue weighted by atomic mass is 127. The Hall–Kier alpha value is -2.16. The van der Waals surface area contributed by atoms with Gasteiger partial charge in [-0.3, -0.25) is 14.5 Å². The fraction of sp³-hybridized carbons (Fsp3) is 0.0476. The van der Waals surface area contributed by atoms with Crippen molar-refractivity contribution >= 4 is 68.7 Å². The number of nitrogens with one attached hydrogen (secondary N) is 1. The number of amides is 2. The standard InChI is InChI=1S/C21H14ClIN2O2S/c1-12(17-8-9-18(22)28-17)24-16-7-3-6-15-19(16)21(27)25(20(15)26)11-13-4-2-5-14(23)10-13/h2-10,24H,1,11H2. The van der Waals surface area contributed by atoms with Crippen LogP contribution >= 0.6 is 45.5 Å². The number of hydrogen-bond acceptors (Lipinski definition) is 4. The van der Waals surface area contributed by atoms with E-state index >= 15 is 0 Å². The monoisotopic (exact) mass is 520 g/mol. The summed E-state index contributed by atoms with van der Waals surface area (Å²) in [5.74, 6) is -0.591. The van der Waals surface area contributed by atoms with Gasteiger partial charge < -0.3 is 5.32 Å². The van der Waals surface area contributed by atoms with Crippen LogP contribution in [0.2, 0.25) is 4.34 Å². The molecule has 3 aromatic rings. The zero-order valence-corrected chi connectivity index (χ0v) is 18.3. The highest BCUT2D eigenvalue weighted by Gasteiger charge is 2.37. The van der Waals surface area contributed by atoms with Gasteiger partial charge in [-0.25, -0.2) is 0 Å². The Balaban J connectivity index is 1.63. The smallest absolute Gasteiger partial charge is 0.263 e. The lowest BCUT2D eigenvalue weighted by Crippen LogP contribution is -2.29. The van der Waals surface area contributed by atoms with Gasteiger partial charge in [0.25, 0.3) is 11.8 Å². The summed E-state index contributed by atoms with van der Waals surface area (Å²) < 4.78 is 1.71. The van der Waals surface area contributed by atoms with Crippen LogP contribution in [0.15, 0.2) is 61.2 Å². The molecule has 140 valence electrons. The number of benzene rings is 2. The number of imide groups is 1. The van der Waals surface area contributed by atoms with Crippen molar-refractivity contribution in [2.45, 2.75) is 6.54 Å². The van der Waals surface area contributed by atoms with E-state index in [1.165, 1.54) is 16.2 Å². The molecule has 0 saturated heterocycles. The maximum Gasteiger partial charge on any atom is 0.263 e. The van der Waals surface area contributed by atoms with Gasteiger partial charge >= 0.3 is 0 Å². The first kappa shape index (κ1) is 19.2. The van der Waals surface area contributed by atoms with E-state index in [0.717, 1.165) is 14.0 Å². The van der Waals surface area contributed by atoms with E-state index < -0.39 is 0 Å². The third-order valence-electron chi connectivity index (χ3n) is 4.38. The number of rotatable bonds is 5. The van der Waals surface area contributed by atoms with Crippen molar-refractivity contribution in [3.63, 3.8) is 0 Å². The van der Waals surface area contributed by atoms with Crippen LogP contribution in [0.3, 0.4) is 0 Å². The quantitative estimate of drug-likeness (QED) is 0.337. The Labute approximate surface area is 185 Å². The molecular weight excluding hydrogens is 507 g/mol. The fourth-order valence-electron chi connectivity index (χ4n) is 3.10. The molecule has 1 aliphatic heterocycles. The number of nitrogens with zero attached hydrogens (tertiary/aromatic N) is 1. The van der Waals surface area contributed by atoms with Gasteiger partial charge in [0.1, 0.15) is 0 Å². The molecule has 0 atom stereocenters. The van der Waals surface area contributed by atoms with Gasteiger partial charge in [0.15, 0.2) is 0 Å². The number of anilines is 1. The summed E-state index contributed by atoms with van der Waals surface area (Å²) in [5, 5.41) is 3.17. The van der Waals surface area contributed by atoms with Gasteiger partial charge in [-0.05, 0) is 64.6 Å². The minimum absolute atomic E-state index is 0.240. The molecule has 4 rings (SSSR count). The van der Waals surface area contributed by atoms with E-state index in [1.807, 2.05) is 30.3 Å². The van der Waals surface area contributed by atoms with Crippen molar-refractivity contribution in [1.29, 1.82) is 0 Å². The van der Waals surface area contributed by atoms with Gasteiger partial charge in [-0.15, -0.1) is 11.3 Å². The zero-order valence-electron chi connectivity index (χ0n) is 14.5. The minimum atomic E-state index is -0.307. The molecule has 2 amide bonds. The molecule has 0 unspecified atom stereocenters. The second-order valence-electron chi connectivity index (χ2n) is 6.26. The minimum Gasteiger partial charge on any atom is -0.354 e. The van der Waals surface area contributed by atoms with Crippen LogP contribution in [-0.4, -0.2) is 16.7 Å². The molecule has 0 aliphatic carbocycles. The number of fused-ring (bicyclic) bond motifs is 1. The van der Waals surface area contributed by atoms with Crippen LogP contribution < -0.4 is 5.32 Å². The molecule has 0 saturated carbocycles. The van der Waals surface area contributed by atoms with Crippen molar-refractivity contribution < 1.29 is 9.59 Å². The number of carbonyl (C=O) groups is 2. The molecule has 2 aromatic carbocycles. The Morgan fingerprint density at radius 1 is 1.11 bits per heavy atom. The molecule has 0 radical (unpaired) electrons. The van der Waals surface area contributed by atoms with Gasteiger partial charge in [0.2, 0.25) is 0 Å². The van der Waals surface area contributed by atoms with E-state index in [0.29, 0.717) is 26.8 Å². The van der Waals surface area contributed by atoms with Gasteiger partial charge in [-0.2, -0.15) is 0 Å². The fourth-order valence-corrected chi connectivity index (χ4v) is 4.68. The van der Waals surface area contributed by atoms with Gasteiger partial charge in [0.05, 0.1) is 32.6 Å². The molecular formula is C21H14ClIN2O2S. The molecule has 0 fully saturated rings. The summed E-state index contributed by atoms with van der Waals surface area (Å²) in [6, 6.07) is 16.6. The molecule has 7 heteroatoms. The summed E-state index contributed by atoms with van der Waals surface area (Å²) in [4.78, 5) is 28.1. The van der Waals surface area contributed by atoms with Crippen LogP contribution in [0, 0.1) is 3.57 Å². The van der Waals surface area contributed by atoms with Gasteiger partial charge in [-0.1, -0.05) is 36.4 Å². The first-order chi connectivity index (χ1) is 13.4. The predicted molar refractivity (Wildman–Crippen MR) is 122 cm³/mol. The van der Waals surface area contributed by atoms with E-state index in [1.54, 1.807) is 24.3 Å². The molecule has 28 heavy (non-hydrogen) atoms. The molecule has 4 nitrogen and oxygen atoms in total. The summed E-state index contributed by atoms with van der Waals surface area (Å²) in [5.41, 5.74) is 2.88. The van der Waals surface area contributed by atoms with Crippen molar-refractivity contribution in [2.24, 2.45) is 0 Å². The average molecular weight is 521 g/mol. The topological polar surface area (TPSA) is 49.4 Å². The lowest BCUT2D eigenvalue weighted by Gasteiger charge is -2.15. The molecule has 2 heterocycles. The molecule has 1 aliphatic rings.